The molecule has 3 aromatic rings. The summed E-state index contributed by atoms with van der Waals surface area (Å²) in [5, 5.41) is 12.0. The molecule has 0 bridgehead atoms. The number of carboxylic acid groups (broad SMARTS) is 1. The molecule has 1 unspecified atom stereocenters. The van der Waals surface area contributed by atoms with E-state index < -0.39 is 23.7 Å². The first-order valence-corrected chi connectivity index (χ1v) is 9.68. The average molecular weight is 410 g/mol. The van der Waals surface area contributed by atoms with Gasteiger partial charge in [-0.2, -0.15) is 0 Å². The molecule has 3 rings (SSSR count). The number of carbonyl (C=O) groups excluding carboxylic acids is 1. The largest absolute Gasteiger partial charge is 0.480 e. The number of alkyl carbamates (subject to hydrolysis) is 1. The number of ether oxygens (including phenoxy) is 1. The van der Waals surface area contributed by atoms with E-state index in [0.717, 1.165) is 16.7 Å². The Morgan fingerprint density at radius 3 is 2.53 bits per heavy atom. The molecular formula is C22H26N4O4. The first-order chi connectivity index (χ1) is 14.1. The van der Waals surface area contributed by atoms with E-state index in [1.807, 2.05) is 41.0 Å². The molecule has 0 aliphatic carbocycles. The number of fused-ring (bicyclic) bond motifs is 1. The van der Waals surface area contributed by atoms with Gasteiger partial charge in [-0.3, -0.25) is 4.57 Å². The number of carbonyl (C=O) groups is 2. The summed E-state index contributed by atoms with van der Waals surface area (Å²) >= 11 is 0. The van der Waals surface area contributed by atoms with Crippen LogP contribution in [0.5, 0.6) is 0 Å². The monoisotopic (exact) mass is 410 g/mol. The Balaban J connectivity index is 1.87. The zero-order valence-corrected chi connectivity index (χ0v) is 17.3. The minimum absolute atomic E-state index is 0.153. The number of hydrogen-bond acceptors (Lipinski definition) is 5. The molecule has 8 nitrogen and oxygen atoms in total. The van der Waals surface area contributed by atoms with Crippen LogP contribution in [0.15, 0.2) is 48.5 Å². The topological polar surface area (TPSA) is 119 Å². The number of aliphatic carboxylic acids is 1. The van der Waals surface area contributed by atoms with Gasteiger partial charge in [-0.25, -0.2) is 14.6 Å². The van der Waals surface area contributed by atoms with Gasteiger partial charge < -0.3 is 20.9 Å². The zero-order chi connectivity index (χ0) is 21.9. The Morgan fingerprint density at radius 1 is 1.20 bits per heavy atom. The highest BCUT2D eigenvalue weighted by Crippen LogP contribution is 2.24. The molecule has 1 amide bonds. The standard InChI is InChI=1S/C22H26N4O4/c1-22(2,3)30-21(29)25-16(20(27)28)10-12-19-24-17-13-14(23)9-11-18(17)26(19)15-7-5-4-6-8-15/h4-9,11,13,16H,10,12,23H2,1-3H3,(H,25,29)(H,27,28). The van der Waals surface area contributed by atoms with Crippen molar-refractivity contribution in [3.05, 3.63) is 54.4 Å². The molecule has 0 spiro atoms. The molecule has 30 heavy (non-hydrogen) atoms. The predicted octanol–water partition coefficient (Wildman–Crippen LogP) is 3.52. The van der Waals surface area contributed by atoms with Gasteiger partial charge in [0.25, 0.3) is 0 Å². The van der Waals surface area contributed by atoms with E-state index in [1.54, 1.807) is 32.9 Å². The minimum atomic E-state index is -1.13. The highest BCUT2D eigenvalue weighted by Gasteiger charge is 2.25. The van der Waals surface area contributed by atoms with E-state index in [2.05, 4.69) is 10.3 Å². The number of amides is 1. The lowest BCUT2D eigenvalue weighted by Gasteiger charge is -2.22. The van der Waals surface area contributed by atoms with Gasteiger partial charge in [0, 0.05) is 17.8 Å². The molecule has 0 aliphatic rings. The summed E-state index contributed by atoms with van der Waals surface area (Å²) < 4.78 is 7.15. The van der Waals surface area contributed by atoms with Crippen LogP contribution in [-0.4, -0.2) is 38.4 Å². The summed E-state index contributed by atoms with van der Waals surface area (Å²) in [5.74, 6) is -0.452. The molecule has 0 radical (unpaired) electrons. The van der Waals surface area contributed by atoms with Crippen molar-refractivity contribution in [2.75, 3.05) is 5.73 Å². The Morgan fingerprint density at radius 2 is 1.90 bits per heavy atom. The van der Waals surface area contributed by atoms with E-state index in [-0.39, 0.29) is 6.42 Å². The lowest BCUT2D eigenvalue weighted by molar-refractivity contribution is -0.139. The van der Waals surface area contributed by atoms with Gasteiger partial charge in [-0.05, 0) is 57.5 Å². The van der Waals surface area contributed by atoms with Crippen molar-refractivity contribution in [2.45, 2.75) is 45.3 Å². The molecule has 8 heteroatoms. The second-order valence-electron chi connectivity index (χ2n) is 8.02. The van der Waals surface area contributed by atoms with Gasteiger partial charge in [-0.15, -0.1) is 0 Å². The Hall–Kier alpha value is -3.55. The quantitative estimate of drug-likeness (QED) is 0.535. The van der Waals surface area contributed by atoms with E-state index in [9.17, 15) is 14.7 Å². The smallest absolute Gasteiger partial charge is 0.408 e. The molecule has 0 aliphatic heterocycles. The van der Waals surface area contributed by atoms with Gasteiger partial charge in [-0.1, -0.05) is 18.2 Å². The first-order valence-electron chi connectivity index (χ1n) is 9.68. The van der Waals surface area contributed by atoms with E-state index in [0.29, 0.717) is 17.9 Å². The SMILES string of the molecule is CC(C)(C)OC(=O)NC(CCc1nc2cc(N)ccc2n1-c1ccccc1)C(=O)O. The van der Waals surface area contributed by atoms with Crippen LogP contribution in [0.2, 0.25) is 0 Å². The summed E-state index contributed by atoms with van der Waals surface area (Å²) in [6.45, 7) is 5.16. The Kier molecular flexibility index (Phi) is 5.96. The van der Waals surface area contributed by atoms with Gasteiger partial charge in [0.15, 0.2) is 0 Å². The highest BCUT2D eigenvalue weighted by molar-refractivity contribution is 5.82. The summed E-state index contributed by atoms with van der Waals surface area (Å²) in [4.78, 5) is 28.4. The Bertz CT molecular complexity index is 1050. The van der Waals surface area contributed by atoms with Crippen molar-refractivity contribution >= 4 is 28.8 Å². The van der Waals surface area contributed by atoms with E-state index in [4.69, 9.17) is 10.5 Å². The molecule has 1 heterocycles. The molecule has 4 N–H and O–H groups in total. The number of nitrogens with two attached hydrogens (primary N) is 1. The van der Waals surface area contributed by atoms with Crippen LogP contribution in [0.25, 0.3) is 16.7 Å². The Labute approximate surface area is 174 Å². The fourth-order valence-corrected chi connectivity index (χ4v) is 3.16. The number of aromatic nitrogens is 2. The fraction of sp³-hybridized carbons (Fsp3) is 0.318. The van der Waals surface area contributed by atoms with Crippen molar-refractivity contribution < 1.29 is 19.4 Å². The van der Waals surface area contributed by atoms with Gasteiger partial charge in [0.2, 0.25) is 0 Å². The number of anilines is 1. The van der Waals surface area contributed by atoms with Crippen molar-refractivity contribution in [3.63, 3.8) is 0 Å². The van der Waals surface area contributed by atoms with Crippen LogP contribution in [0, 0.1) is 0 Å². The van der Waals surface area contributed by atoms with Gasteiger partial charge in [0.05, 0.1) is 11.0 Å². The molecule has 0 saturated carbocycles. The van der Waals surface area contributed by atoms with Crippen LogP contribution in [0.3, 0.4) is 0 Å². The van der Waals surface area contributed by atoms with Crippen molar-refractivity contribution in [2.24, 2.45) is 0 Å². The van der Waals surface area contributed by atoms with Crippen LogP contribution in [0.4, 0.5) is 10.5 Å². The second-order valence-corrected chi connectivity index (χ2v) is 8.02. The maximum atomic E-state index is 12.0. The number of nitrogens with zero attached hydrogens (tertiary/aromatic N) is 2. The maximum Gasteiger partial charge on any atom is 0.408 e. The predicted molar refractivity (Wildman–Crippen MR) is 115 cm³/mol. The number of rotatable bonds is 6. The third-order valence-electron chi connectivity index (χ3n) is 4.41. The molecule has 1 aromatic heterocycles. The number of nitrogens with one attached hydrogen (secondary N) is 1. The van der Waals surface area contributed by atoms with Gasteiger partial charge >= 0.3 is 12.1 Å². The molecular weight excluding hydrogens is 384 g/mol. The number of benzene rings is 2. The lowest BCUT2D eigenvalue weighted by atomic mass is 10.1. The van der Waals surface area contributed by atoms with E-state index >= 15 is 0 Å². The maximum absolute atomic E-state index is 12.0. The summed E-state index contributed by atoms with van der Waals surface area (Å²) in [6, 6.07) is 14.0. The first kappa shape index (κ1) is 21.2. The molecule has 158 valence electrons. The number of imidazole rings is 1. The number of hydrogen-bond donors (Lipinski definition) is 3. The normalized spacial score (nSPS) is 12.5. The highest BCUT2D eigenvalue weighted by atomic mass is 16.6. The van der Waals surface area contributed by atoms with Gasteiger partial charge in [0.1, 0.15) is 17.5 Å². The van der Waals surface area contributed by atoms with Crippen LogP contribution in [-0.2, 0) is 16.0 Å². The summed E-state index contributed by atoms with van der Waals surface area (Å²) in [7, 11) is 0. The molecule has 1 atom stereocenters. The van der Waals surface area contributed by atoms with E-state index in [1.165, 1.54) is 0 Å². The number of aryl methyl sites for hydroxylation is 1. The third kappa shape index (κ3) is 5.08. The van der Waals surface area contributed by atoms with Crippen LogP contribution >= 0.6 is 0 Å². The molecule has 2 aromatic carbocycles. The lowest BCUT2D eigenvalue weighted by Crippen LogP contribution is -2.43. The number of carboxylic acids is 1. The summed E-state index contributed by atoms with van der Waals surface area (Å²) in [6.07, 6.45) is -0.282. The third-order valence-corrected chi connectivity index (χ3v) is 4.41. The molecule has 0 fully saturated rings. The minimum Gasteiger partial charge on any atom is -0.480 e. The van der Waals surface area contributed by atoms with Crippen LogP contribution in [0.1, 0.15) is 33.0 Å². The van der Waals surface area contributed by atoms with Crippen LogP contribution < -0.4 is 11.1 Å². The average Bonchev–Trinajstić information content (AvgIpc) is 3.01. The summed E-state index contributed by atoms with van der Waals surface area (Å²) in [5.41, 5.74) is 8.29. The van der Waals surface area contributed by atoms with Crippen molar-refractivity contribution in [1.82, 2.24) is 14.9 Å². The zero-order valence-electron chi connectivity index (χ0n) is 17.3. The van der Waals surface area contributed by atoms with Crippen molar-refractivity contribution in [3.8, 4) is 5.69 Å². The second kappa shape index (κ2) is 8.44. The fourth-order valence-electron chi connectivity index (χ4n) is 3.16. The number of para-hydroxylation sites is 1. The van der Waals surface area contributed by atoms with Crippen molar-refractivity contribution in [1.29, 1.82) is 0 Å². The number of nitrogen functional groups attached to an aromatic ring is 1. The molecule has 0 saturated heterocycles.